The maximum absolute atomic E-state index is 13.9. The molecule has 0 radical (unpaired) electrons. The third-order valence-electron chi connectivity index (χ3n) is 3.85. The van der Waals surface area contributed by atoms with Crippen molar-refractivity contribution in [3.63, 3.8) is 0 Å². The Morgan fingerprint density at radius 1 is 1.30 bits per heavy atom. The Hall–Kier alpha value is -1.97. The molecule has 0 saturated heterocycles. The van der Waals surface area contributed by atoms with E-state index in [0.29, 0.717) is 10.4 Å². The summed E-state index contributed by atoms with van der Waals surface area (Å²) in [6.07, 6.45) is -6.95. The van der Waals surface area contributed by atoms with Crippen molar-refractivity contribution in [3.05, 3.63) is 50.3 Å². The maximum atomic E-state index is 13.9. The smallest absolute Gasteiger partial charge is 0.449 e. The molecule has 1 aromatic heterocycles. The van der Waals surface area contributed by atoms with Crippen molar-refractivity contribution in [3.8, 4) is 5.06 Å². The van der Waals surface area contributed by atoms with E-state index in [1.54, 1.807) is 6.92 Å². The van der Waals surface area contributed by atoms with Crippen LogP contribution < -0.4 is 4.74 Å². The predicted molar refractivity (Wildman–Crippen MR) is 94.1 cm³/mol. The van der Waals surface area contributed by atoms with Gasteiger partial charge >= 0.3 is 12.3 Å². The van der Waals surface area contributed by atoms with Crippen LogP contribution in [-0.2, 0) is 10.4 Å². The van der Waals surface area contributed by atoms with Gasteiger partial charge in [0, 0.05) is 21.2 Å². The molecule has 1 N–H and O–H groups in total. The van der Waals surface area contributed by atoms with E-state index in [4.69, 9.17) is 33.1 Å². The fourth-order valence-electron chi connectivity index (χ4n) is 2.61. The van der Waals surface area contributed by atoms with Crippen molar-refractivity contribution in [2.45, 2.75) is 25.1 Å². The lowest BCUT2D eigenvalue weighted by molar-refractivity contribution is -0.275. The number of ether oxygens (including phenoxy) is 1. The number of thiophene rings is 1. The summed E-state index contributed by atoms with van der Waals surface area (Å²) in [7, 11) is 0. The molecule has 0 bridgehead atoms. The summed E-state index contributed by atoms with van der Waals surface area (Å²) in [6, 6.07) is 5.05. The van der Waals surface area contributed by atoms with Gasteiger partial charge in [-0.1, -0.05) is 39.7 Å². The van der Waals surface area contributed by atoms with E-state index in [-0.39, 0.29) is 26.4 Å². The van der Waals surface area contributed by atoms with Crippen LogP contribution in [0, 0.1) is 6.92 Å². The van der Waals surface area contributed by atoms with Crippen LogP contribution in [0.2, 0.25) is 10.0 Å². The van der Waals surface area contributed by atoms with Crippen LogP contribution in [0.1, 0.15) is 22.4 Å². The second-order valence-corrected chi connectivity index (χ2v) is 7.63. The number of alkyl halides is 3. The average molecular weight is 440 g/mol. The number of carbonyl (C=O) groups is 1. The highest BCUT2D eigenvalue weighted by Crippen LogP contribution is 2.50. The lowest BCUT2D eigenvalue weighted by Crippen LogP contribution is -2.42. The molecule has 144 valence electrons. The molecule has 0 fully saturated rings. The fraction of sp³-hybridized carbons (Fsp3) is 0.250. The molecule has 27 heavy (non-hydrogen) atoms. The van der Waals surface area contributed by atoms with Crippen molar-refractivity contribution >= 4 is 46.4 Å². The van der Waals surface area contributed by atoms with Gasteiger partial charge in [0.2, 0.25) is 0 Å². The van der Waals surface area contributed by atoms with Crippen molar-refractivity contribution in [2.24, 2.45) is 5.16 Å². The fourth-order valence-corrected chi connectivity index (χ4v) is 4.13. The summed E-state index contributed by atoms with van der Waals surface area (Å²) in [5, 5.41) is 12.4. The minimum absolute atomic E-state index is 0.0109. The Bertz CT molecular complexity index is 924. The largest absolute Gasteiger partial charge is 0.512 e. The quantitative estimate of drug-likeness (QED) is 0.595. The van der Waals surface area contributed by atoms with Crippen molar-refractivity contribution in [1.82, 2.24) is 0 Å². The van der Waals surface area contributed by atoms with Crippen LogP contribution in [-0.4, -0.2) is 23.1 Å². The molecule has 0 saturated carbocycles. The standard InChI is InChI=1S/C16H10Cl2F3NO4S/c1-7-2-12(27-13(7)25-14(23)24)11-6-15(26-22-11,16(19,20)21)8-3-9(17)5-10(18)4-8/h2-5H,6H2,1H3,(H,23,24). The van der Waals surface area contributed by atoms with E-state index in [2.05, 4.69) is 9.89 Å². The van der Waals surface area contributed by atoms with Crippen LogP contribution in [0.3, 0.4) is 0 Å². The monoisotopic (exact) mass is 439 g/mol. The van der Waals surface area contributed by atoms with E-state index in [1.165, 1.54) is 12.1 Å². The second-order valence-electron chi connectivity index (χ2n) is 5.74. The van der Waals surface area contributed by atoms with Crippen LogP contribution in [0.15, 0.2) is 29.4 Å². The summed E-state index contributed by atoms with van der Waals surface area (Å²) >= 11 is 12.6. The van der Waals surface area contributed by atoms with Gasteiger partial charge in [0.25, 0.3) is 5.60 Å². The lowest BCUT2D eigenvalue weighted by Gasteiger charge is -2.29. The Morgan fingerprint density at radius 2 is 1.93 bits per heavy atom. The molecule has 1 aromatic carbocycles. The Kier molecular flexibility index (Phi) is 5.04. The van der Waals surface area contributed by atoms with Gasteiger partial charge < -0.3 is 14.7 Å². The van der Waals surface area contributed by atoms with Crippen molar-refractivity contribution in [1.29, 1.82) is 0 Å². The summed E-state index contributed by atoms with van der Waals surface area (Å²) in [4.78, 5) is 15.9. The SMILES string of the molecule is Cc1cc(C2=NOC(c3cc(Cl)cc(Cl)c3)(C(F)(F)F)C2)sc1OC(=O)O. The highest BCUT2D eigenvalue weighted by Gasteiger charge is 2.62. The zero-order chi connectivity index (χ0) is 20.0. The zero-order valence-corrected chi connectivity index (χ0v) is 15.8. The molecule has 11 heteroatoms. The number of hydrogen-bond acceptors (Lipinski definition) is 5. The molecule has 3 rings (SSSR count). The molecule has 5 nitrogen and oxygen atoms in total. The molecule has 2 heterocycles. The molecular weight excluding hydrogens is 430 g/mol. The molecule has 1 aliphatic heterocycles. The molecule has 2 aromatic rings. The van der Waals surface area contributed by atoms with E-state index >= 15 is 0 Å². The van der Waals surface area contributed by atoms with E-state index in [1.807, 2.05) is 0 Å². The molecule has 1 aliphatic rings. The first-order valence-electron chi connectivity index (χ1n) is 7.32. The summed E-state index contributed by atoms with van der Waals surface area (Å²) in [6.45, 7) is 1.57. The van der Waals surface area contributed by atoms with Crippen LogP contribution in [0.4, 0.5) is 18.0 Å². The topological polar surface area (TPSA) is 68.1 Å². The number of carboxylic acid groups (broad SMARTS) is 1. The normalized spacial score (nSPS) is 19.6. The number of nitrogens with zero attached hydrogens (tertiary/aromatic N) is 1. The van der Waals surface area contributed by atoms with Gasteiger partial charge in [-0.05, 0) is 31.2 Å². The highest BCUT2D eigenvalue weighted by atomic mass is 35.5. The van der Waals surface area contributed by atoms with E-state index < -0.39 is 24.4 Å². The van der Waals surface area contributed by atoms with Crippen LogP contribution in [0.25, 0.3) is 0 Å². The van der Waals surface area contributed by atoms with E-state index in [9.17, 15) is 18.0 Å². The summed E-state index contributed by atoms with van der Waals surface area (Å²) in [5.74, 6) is 0. The molecule has 1 atom stereocenters. The molecular formula is C16H10Cl2F3NO4S. The number of oxime groups is 1. The number of hydrogen-bond donors (Lipinski definition) is 1. The van der Waals surface area contributed by atoms with E-state index in [0.717, 1.165) is 23.5 Å². The molecule has 0 amide bonds. The predicted octanol–water partition coefficient (Wildman–Crippen LogP) is 6.00. The third-order valence-corrected chi connectivity index (χ3v) is 5.45. The highest BCUT2D eigenvalue weighted by molar-refractivity contribution is 7.16. The minimum Gasteiger partial charge on any atom is -0.449 e. The second kappa shape index (κ2) is 6.88. The van der Waals surface area contributed by atoms with Gasteiger partial charge in [-0.3, -0.25) is 0 Å². The summed E-state index contributed by atoms with van der Waals surface area (Å²) < 4.78 is 46.4. The van der Waals surface area contributed by atoms with Crippen LogP contribution in [0.5, 0.6) is 5.06 Å². The number of benzene rings is 1. The van der Waals surface area contributed by atoms with Crippen molar-refractivity contribution in [2.75, 3.05) is 0 Å². The number of aryl methyl sites for hydroxylation is 1. The Balaban J connectivity index is 1.99. The van der Waals surface area contributed by atoms with Gasteiger partial charge in [-0.25, -0.2) is 4.79 Å². The Morgan fingerprint density at radius 3 is 2.48 bits per heavy atom. The minimum atomic E-state index is -4.81. The van der Waals surface area contributed by atoms with Gasteiger partial charge in [0.05, 0.1) is 11.3 Å². The van der Waals surface area contributed by atoms with Gasteiger partial charge in [-0.15, -0.1) is 0 Å². The average Bonchev–Trinajstić information content (AvgIpc) is 3.11. The Labute approximate surface area is 164 Å². The van der Waals surface area contributed by atoms with Crippen molar-refractivity contribution < 1.29 is 32.6 Å². The zero-order valence-electron chi connectivity index (χ0n) is 13.4. The lowest BCUT2D eigenvalue weighted by atomic mass is 9.88. The maximum Gasteiger partial charge on any atom is 0.512 e. The first-order chi connectivity index (χ1) is 12.5. The first-order valence-corrected chi connectivity index (χ1v) is 8.89. The number of halogens is 5. The van der Waals surface area contributed by atoms with Gasteiger partial charge in [-0.2, -0.15) is 13.2 Å². The van der Waals surface area contributed by atoms with Crippen LogP contribution >= 0.6 is 34.5 Å². The molecule has 0 spiro atoms. The number of rotatable bonds is 3. The van der Waals surface area contributed by atoms with Gasteiger partial charge in [0.15, 0.2) is 5.06 Å². The molecule has 1 unspecified atom stereocenters. The summed E-state index contributed by atoms with van der Waals surface area (Å²) in [5.41, 5.74) is -2.56. The van der Waals surface area contributed by atoms with Gasteiger partial charge in [0.1, 0.15) is 5.71 Å². The molecule has 0 aliphatic carbocycles. The third kappa shape index (κ3) is 3.71. The first kappa shape index (κ1) is 19.8.